The number of carboxylic acid groups (broad SMARTS) is 1. The number of rotatable bonds is 4. The van der Waals surface area contributed by atoms with Crippen LogP contribution >= 0.6 is 0 Å². The second-order valence-electron chi connectivity index (χ2n) is 5.71. The first-order valence-corrected chi connectivity index (χ1v) is 7.52. The molecule has 0 saturated carbocycles. The van der Waals surface area contributed by atoms with Gasteiger partial charge in [0, 0.05) is 25.2 Å². The summed E-state index contributed by atoms with van der Waals surface area (Å²) >= 11 is 0. The zero-order valence-corrected chi connectivity index (χ0v) is 12.0. The van der Waals surface area contributed by atoms with Gasteiger partial charge in [0.2, 0.25) is 5.91 Å². The van der Waals surface area contributed by atoms with Gasteiger partial charge in [-0.25, -0.2) is 0 Å². The summed E-state index contributed by atoms with van der Waals surface area (Å²) in [4.78, 5) is 27.3. The predicted molar refractivity (Wildman–Crippen MR) is 79.3 cm³/mol. The zero-order valence-electron chi connectivity index (χ0n) is 12.0. The molecule has 3 rings (SSSR count). The molecule has 5 nitrogen and oxygen atoms in total. The van der Waals surface area contributed by atoms with E-state index in [0.29, 0.717) is 19.4 Å². The van der Waals surface area contributed by atoms with Gasteiger partial charge in [0.1, 0.15) is 6.04 Å². The number of fused-ring (bicyclic) bond motifs is 1. The highest BCUT2D eigenvalue weighted by molar-refractivity contribution is 5.95. The number of nitrogens with zero attached hydrogens (tertiary/aromatic N) is 2. The first-order chi connectivity index (χ1) is 10.2. The molecule has 1 fully saturated rings. The molecule has 0 unspecified atom stereocenters. The standard InChI is InChI=1S/C16H20N2O3/c19-15(8-10-17-9-3-6-14(17)16(20)21)18-11-7-12-4-1-2-5-13(12)18/h1-2,4-5,14H,3,6-11H2,(H,20,21)/t14-/m1/s1. The van der Waals surface area contributed by atoms with E-state index in [1.165, 1.54) is 5.56 Å². The van der Waals surface area contributed by atoms with Crippen LogP contribution in [0.3, 0.4) is 0 Å². The summed E-state index contributed by atoms with van der Waals surface area (Å²) in [5.41, 5.74) is 2.23. The lowest BCUT2D eigenvalue weighted by Gasteiger charge is -2.23. The Labute approximate surface area is 124 Å². The van der Waals surface area contributed by atoms with Crippen molar-refractivity contribution in [2.24, 2.45) is 0 Å². The van der Waals surface area contributed by atoms with Crippen LogP contribution in [0, 0.1) is 0 Å². The molecule has 0 radical (unpaired) electrons. The molecule has 2 aliphatic heterocycles. The van der Waals surface area contributed by atoms with E-state index in [0.717, 1.165) is 31.6 Å². The molecule has 0 bridgehead atoms. The first-order valence-electron chi connectivity index (χ1n) is 7.52. The van der Waals surface area contributed by atoms with Crippen LogP contribution in [0.5, 0.6) is 0 Å². The second-order valence-corrected chi connectivity index (χ2v) is 5.71. The molecule has 1 aromatic rings. The minimum Gasteiger partial charge on any atom is -0.480 e. The van der Waals surface area contributed by atoms with Crippen molar-refractivity contribution in [1.82, 2.24) is 4.90 Å². The van der Waals surface area contributed by atoms with Gasteiger partial charge in [-0.3, -0.25) is 14.5 Å². The molecule has 1 atom stereocenters. The number of amides is 1. The van der Waals surface area contributed by atoms with Crippen LogP contribution in [0.1, 0.15) is 24.8 Å². The second kappa shape index (κ2) is 5.85. The maximum Gasteiger partial charge on any atom is 0.320 e. The van der Waals surface area contributed by atoms with Crippen molar-refractivity contribution in [3.05, 3.63) is 29.8 Å². The summed E-state index contributed by atoms with van der Waals surface area (Å²) < 4.78 is 0. The van der Waals surface area contributed by atoms with E-state index in [2.05, 4.69) is 6.07 Å². The van der Waals surface area contributed by atoms with Gasteiger partial charge in [0.25, 0.3) is 0 Å². The van der Waals surface area contributed by atoms with Crippen LogP contribution in [0.2, 0.25) is 0 Å². The Hall–Kier alpha value is -1.88. The highest BCUT2D eigenvalue weighted by Gasteiger charge is 2.31. The van der Waals surface area contributed by atoms with Crippen LogP contribution in [0.15, 0.2) is 24.3 Å². The Morgan fingerprint density at radius 1 is 1.24 bits per heavy atom. The lowest BCUT2D eigenvalue weighted by molar-refractivity contribution is -0.142. The molecule has 2 heterocycles. The van der Waals surface area contributed by atoms with E-state index >= 15 is 0 Å². The summed E-state index contributed by atoms with van der Waals surface area (Å²) in [7, 11) is 0. The molecule has 5 heteroatoms. The minimum atomic E-state index is -0.772. The molecule has 1 amide bonds. The number of carboxylic acids is 1. The van der Waals surface area contributed by atoms with E-state index in [-0.39, 0.29) is 5.91 Å². The van der Waals surface area contributed by atoms with E-state index in [9.17, 15) is 9.59 Å². The van der Waals surface area contributed by atoms with Crippen LogP contribution in [-0.2, 0) is 16.0 Å². The Morgan fingerprint density at radius 2 is 2.05 bits per heavy atom. The summed E-state index contributed by atoms with van der Waals surface area (Å²) in [5.74, 6) is -0.678. The molecular formula is C16H20N2O3. The van der Waals surface area contributed by atoms with Crippen LogP contribution in [-0.4, -0.2) is 47.6 Å². The van der Waals surface area contributed by atoms with Gasteiger partial charge in [-0.05, 0) is 37.4 Å². The average molecular weight is 288 g/mol. The van der Waals surface area contributed by atoms with Gasteiger partial charge in [0.05, 0.1) is 0 Å². The number of carbonyl (C=O) groups is 2. The van der Waals surface area contributed by atoms with Gasteiger partial charge in [0.15, 0.2) is 0 Å². The van der Waals surface area contributed by atoms with Gasteiger partial charge >= 0.3 is 5.97 Å². The van der Waals surface area contributed by atoms with Crippen molar-refractivity contribution >= 4 is 17.6 Å². The normalized spacial score (nSPS) is 21.5. The van der Waals surface area contributed by atoms with Crippen molar-refractivity contribution in [1.29, 1.82) is 0 Å². The molecule has 1 N–H and O–H groups in total. The number of anilines is 1. The largest absolute Gasteiger partial charge is 0.480 e. The Balaban J connectivity index is 1.59. The predicted octanol–water partition coefficient (Wildman–Crippen LogP) is 1.51. The van der Waals surface area contributed by atoms with Gasteiger partial charge in [-0.1, -0.05) is 18.2 Å². The maximum absolute atomic E-state index is 12.4. The van der Waals surface area contributed by atoms with E-state index in [1.54, 1.807) is 0 Å². The van der Waals surface area contributed by atoms with Crippen molar-refractivity contribution < 1.29 is 14.7 Å². The van der Waals surface area contributed by atoms with E-state index < -0.39 is 12.0 Å². The number of aliphatic carboxylic acids is 1. The monoisotopic (exact) mass is 288 g/mol. The molecule has 1 saturated heterocycles. The SMILES string of the molecule is O=C(O)[C@H]1CCCN1CCC(=O)N1CCc2ccccc21. The van der Waals surface area contributed by atoms with Gasteiger partial charge in [-0.15, -0.1) is 0 Å². The molecular weight excluding hydrogens is 268 g/mol. The Morgan fingerprint density at radius 3 is 2.86 bits per heavy atom. The Kier molecular flexibility index (Phi) is 3.92. The smallest absolute Gasteiger partial charge is 0.320 e. The fraction of sp³-hybridized carbons (Fsp3) is 0.500. The molecule has 112 valence electrons. The van der Waals surface area contributed by atoms with Crippen molar-refractivity contribution in [3.8, 4) is 0 Å². The number of carbonyl (C=O) groups excluding carboxylic acids is 1. The zero-order chi connectivity index (χ0) is 14.8. The fourth-order valence-corrected chi connectivity index (χ4v) is 3.34. The highest BCUT2D eigenvalue weighted by Crippen LogP contribution is 2.28. The van der Waals surface area contributed by atoms with Crippen LogP contribution in [0.25, 0.3) is 0 Å². The fourth-order valence-electron chi connectivity index (χ4n) is 3.34. The summed E-state index contributed by atoms with van der Waals surface area (Å²) in [5, 5.41) is 9.15. The highest BCUT2D eigenvalue weighted by atomic mass is 16.4. The number of benzene rings is 1. The molecule has 21 heavy (non-hydrogen) atoms. The number of likely N-dealkylation sites (tertiary alicyclic amines) is 1. The third-order valence-electron chi connectivity index (χ3n) is 4.45. The van der Waals surface area contributed by atoms with Crippen LogP contribution in [0.4, 0.5) is 5.69 Å². The van der Waals surface area contributed by atoms with Gasteiger partial charge in [-0.2, -0.15) is 0 Å². The lowest BCUT2D eigenvalue weighted by Crippen LogP contribution is -2.39. The molecule has 2 aliphatic rings. The Bertz CT molecular complexity index is 558. The summed E-state index contributed by atoms with van der Waals surface area (Å²) in [6, 6.07) is 7.57. The molecule has 1 aromatic carbocycles. The number of hydrogen-bond acceptors (Lipinski definition) is 3. The topological polar surface area (TPSA) is 60.9 Å². The third-order valence-corrected chi connectivity index (χ3v) is 4.45. The van der Waals surface area contributed by atoms with Crippen molar-refractivity contribution in [3.63, 3.8) is 0 Å². The van der Waals surface area contributed by atoms with Crippen LogP contribution < -0.4 is 4.90 Å². The molecule has 0 aromatic heterocycles. The van der Waals surface area contributed by atoms with Gasteiger partial charge < -0.3 is 10.0 Å². The number of hydrogen-bond donors (Lipinski definition) is 1. The first kappa shape index (κ1) is 14.1. The molecule has 0 spiro atoms. The summed E-state index contributed by atoms with van der Waals surface area (Å²) in [6.45, 7) is 2.05. The number of para-hydroxylation sites is 1. The summed E-state index contributed by atoms with van der Waals surface area (Å²) in [6.07, 6.45) is 2.88. The third kappa shape index (κ3) is 2.78. The van der Waals surface area contributed by atoms with Crippen molar-refractivity contribution in [2.45, 2.75) is 31.7 Å². The maximum atomic E-state index is 12.4. The lowest BCUT2D eigenvalue weighted by atomic mass is 10.2. The molecule has 0 aliphatic carbocycles. The quantitative estimate of drug-likeness (QED) is 0.912. The average Bonchev–Trinajstić information content (AvgIpc) is 3.11. The van der Waals surface area contributed by atoms with E-state index in [4.69, 9.17) is 5.11 Å². The van der Waals surface area contributed by atoms with Crippen molar-refractivity contribution in [2.75, 3.05) is 24.5 Å². The minimum absolute atomic E-state index is 0.0935. The van der Waals surface area contributed by atoms with E-state index in [1.807, 2.05) is 28.0 Å².